The first-order chi connectivity index (χ1) is 7.97. The fraction of sp³-hybridized carbons (Fsp3) is 0.556. The summed E-state index contributed by atoms with van der Waals surface area (Å²) in [4.78, 5) is 0. The van der Waals surface area contributed by atoms with Gasteiger partial charge in [0.1, 0.15) is 0 Å². The van der Waals surface area contributed by atoms with Gasteiger partial charge in [0.15, 0.2) is 0 Å². The molecule has 1 aliphatic rings. The molecule has 0 aromatic carbocycles. The summed E-state index contributed by atoms with van der Waals surface area (Å²) >= 11 is 0. The predicted molar refractivity (Wildman–Crippen MR) is 84.8 cm³/mol. The average molecular weight is 246 g/mol. The fourth-order valence-corrected chi connectivity index (χ4v) is 2.53. The van der Waals surface area contributed by atoms with E-state index in [0.29, 0.717) is 5.41 Å². The maximum Gasteiger partial charge on any atom is -0.0104 e. The maximum absolute atomic E-state index is 2.36. The first-order valence-electron chi connectivity index (χ1n) is 6.65. The lowest BCUT2D eigenvalue weighted by atomic mass is 9.72. The topological polar surface area (TPSA) is 0 Å². The van der Waals surface area contributed by atoms with Gasteiger partial charge >= 0.3 is 0 Å². The second-order valence-electron chi connectivity index (χ2n) is 5.70. The average Bonchev–Trinajstić information content (AvgIpc) is 2.24. The highest BCUT2D eigenvalue weighted by Crippen LogP contribution is 2.40. The van der Waals surface area contributed by atoms with Crippen LogP contribution in [0.15, 0.2) is 47.1 Å². The molecule has 0 aromatic heterocycles. The van der Waals surface area contributed by atoms with Gasteiger partial charge in [0.25, 0.3) is 0 Å². The van der Waals surface area contributed by atoms with Crippen molar-refractivity contribution in [2.45, 2.75) is 61.3 Å². The van der Waals surface area contributed by atoms with E-state index in [2.05, 4.69) is 58.1 Å². The van der Waals surface area contributed by atoms with Crippen molar-refractivity contribution in [1.82, 2.24) is 0 Å². The summed E-state index contributed by atoms with van der Waals surface area (Å²) < 4.78 is 0. The zero-order valence-electron chi connectivity index (χ0n) is 12.0. The minimum absolute atomic E-state index is 0. The molecule has 0 unspecified atom stereocenters. The van der Waals surface area contributed by atoms with Crippen molar-refractivity contribution in [1.29, 1.82) is 0 Å². The van der Waals surface area contributed by atoms with Crippen molar-refractivity contribution in [3.05, 3.63) is 47.1 Å². The van der Waals surface area contributed by atoms with Crippen LogP contribution in [-0.2, 0) is 0 Å². The zero-order chi connectivity index (χ0) is 12.9. The van der Waals surface area contributed by atoms with E-state index in [1.807, 2.05) is 6.92 Å². The Morgan fingerprint density at radius 2 is 1.94 bits per heavy atom. The van der Waals surface area contributed by atoms with Crippen molar-refractivity contribution in [3.63, 3.8) is 0 Å². The zero-order valence-corrected chi connectivity index (χ0v) is 12.0. The number of hydrogen-bond acceptors (Lipinski definition) is 0. The van der Waals surface area contributed by atoms with Gasteiger partial charge in [-0.1, -0.05) is 62.8 Å². The summed E-state index contributed by atoms with van der Waals surface area (Å²) in [5.41, 5.74) is 4.76. The second-order valence-corrected chi connectivity index (χ2v) is 5.70. The Labute approximate surface area is 114 Å². The van der Waals surface area contributed by atoms with Crippen molar-refractivity contribution < 1.29 is 0 Å². The van der Waals surface area contributed by atoms with E-state index in [4.69, 9.17) is 0 Å². The summed E-state index contributed by atoms with van der Waals surface area (Å²) in [6.45, 7) is 11.2. The molecule has 0 amide bonds. The Hall–Kier alpha value is -1.04. The van der Waals surface area contributed by atoms with Crippen LogP contribution in [0, 0.1) is 5.41 Å². The monoisotopic (exact) mass is 246 g/mol. The van der Waals surface area contributed by atoms with Crippen LogP contribution < -0.4 is 0 Å². The highest BCUT2D eigenvalue weighted by atomic mass is 14.3. The third-order valence-corrected chi connectivity index (χ3v) is 3.61. The van der Waals surface area contributed by atoms with Crippen LogP contribution in [0.1, 0.15) is 61.3 Å². The highest BCUT2D eigenvalue weighted by molar-refractivity contribution is 5.36. The van der Waals surface area contributed by atoms with Crippen molar-refractivity contribution >= 4 is 0 Å². The molecule has 0 heteroatoms. The molecule has 0 fully saturated rings. The number of allylic oxidation sites excluding steroid dienone is 8. The van der Waals surface area contributed by atoms with Crippen molar-refractivity contribution in [2.24, 2.45) is 5.41 Å². The van der Waals surface area contributed by atoms with Gasteiger partial charge < -0.3 is 0 Å². The SMILES string of the molecule is C.C/C=C/C=C(C)/C=C/C1=C(C)CCCC1(C)C. The second kappa shape index (κ2) is 7.41. The summed E-state index contributed by atoms with van der Waals surface area (Å²) in [5, 5.41) is 0. The molecule has 102 valence electrons. The summed E-state index contributed by atoms with van der Waals surface area (Å²) in [5.74, 6) is 0. The Morgan fingerprint density at radius 3 is 2.50 bits per heavy atom. The molecule has 0 N–H and O–H groups in total. The molecule has 0 heterocycles. The van der Waals surface area contributed by atoms with Gasteiger partial charge in [-0.05, 0) is 51.0 Å². The Bertz CT molecular complexity index is 373. The molecule has 1 rings (SSSR count). The van der Waals surface area contributed by atoms with E-state index in [9.17, 15) is 0 Å². The van der Waals surface area contributed by atoms with Crippen LogP contribution in [0.25, 0.3) is 0 Å². The van der Waals surface area contributed by atoms with Gasteiger partial charge in [-0.25, -0.2) is 0 Å². The molecule has 0 spiro atoms. The Balaban J connectivity index is 0.00000289. The minimum atomic E-state index is 0. The van der Waals surface area contributed by atoms with Crippen LogP contribution in [0.4, 0.5) is 0 Å². The van der Waals surface area contributed by atoms with E-state index in [1.54, 1.807) is 5.57 Å². The Kier molecular flexibility index (Phi) is 6.98. The molecular weight excluding hydrogens is 216 g/mol. The van der Waals surface area contributed by atoms with Gasteiger partial charge in [0.2, 0.25) is 0 Å². The fourth-order valence-electron chi connectivity index (χ4n) is 2.53. The van der Waals surface area contributed by atoms with Crippen LogP contribution in [0.3, 0.4) is 0 Å². The Morgan fingerprint density at radius 1 is 1.28 bits per heavy atom. The molecule has 1 aliphatic carbocycles. The normalized spacial score (nSPS) is 20.6. The van der Waals surface area contributed by atoms with Crippen LogP contribution in [-0.4, -0.2) is 0 Å². The molecule has 0 aliphatic heterocycles. The minimum Gasteiger partial charge on any atom is -0.0877 e. The van der Waals surface area contributed by atoms with Gasteiger partial charge in [0.05, 0.1) is 0 Å². The van der Waals surface area contributed by atoms with Crippen molar-refractivity contribution in [3.8, 4) is 0 Å². The lowest BCUT2D eigenvalue weighted by Crippen LogP contribution is -2.19. The molecule has 0 atom stereocenters. The third-order valence-electron chi connectivity index (χ3n) is 3.61. The van der Waals surface area contributed by atoms with Gasteiger partial charge in [-0.15, -0.1) is 0 Å². The van der Waals surface area contributed by atoms with E-state index in [1.165, 1.54) is 30.4 Å². The highest BCUT2D eigenvalue weighted by Gasteiger charge is 2.26. The summed E-state index contributed by atoms with van der Waals surface area (Å²) in [7, 11) is 0. The molecule has 0 aromatic rings. The van der Waals surface area contributed by atoms with Crippen LogP contribution >= 0.6 is 0 Å². The van der Waals surface area contributed by atoms with E-state index in [0.717, 1.165) is 0 Å². The van der Waals surface area contributed by atoms with Gasteiger partial charge in [-0.2, -0.15) is 0 Å². The first kappa shape index (κ1) is 17.0. The van der Waals surface area contributed by atoms with Crippen LogP contribution in [0.5, 0.6) is 0 Å². The summed E-state index contributed by atoms with van der Waals surface area (Å²) in [6.07, 6.45) is 14.8. The molecule has 0 radical (unpaired) electrons. The number of hydrogen-bond donors (Lipinski definition) is 0. The van der Waals surface area contributed by atoms with Gasteiger partial charge in [-0.3, -0.25) is 0 Å². The van der Waals surface area contributed by atoms with E-state index >= 15 is 0 Å². The quantitative estimate of drug-likeness (QED) is 0.518. The largest absolute Gasteiger partial charge is 0.0877 e. The number of rotatable bonds is 3. The predicted octanol–water partition coefficient (Wildman–Crippen LogP) is 6.23. The third kappa shape index (κ3) is 4.68. The maximum atomic E-state index is 2.36. The van der Waals surface area contributed by atoms with Gasteiger partial charge in [0, 0.05) is 0 Å². The molecule has 0 saturated carbocycles. The smallest absolute Gasteiger partial charge is 0.0104 e. The molecule has 18 heavy (non-hydrogen) atoms. The van der Waals surface area contributed by atoms with E-state index in [-0.39, 0.29) is 7.43 Å². The molecule has 0 nitrogen and oxygen atoms in total. The van der Waals surface area contributed by atoms with E-state index < -0.39 is 0 Å². The standard InChI is InChI=1S/C17H26.CH4/c1-6-7-9-14(2)11-12-16-15(3)10-8-13-17(16,4)5;/h6-7,9,11-12H,8,10,13H2,1-5H3;1H4/b7-6+,12-11+,14-9+;. The lowest BCUT2D eigenvalue weighted by molar-refractivity contribution is 0.377. The van der Waals surface area contributed by atoms with Crippen LogP contribution in [0.2, 0.25) is 0 Å². The summed E-state index contributed by atoms with van der Waals surface area (Å²) in [6, 6.07) is 0. The molecule has 0 saturated heterocycles. The molecular formula is C18H30. The van der Waals surface area contributed by atoms with Crippen molar-refractivity contribution in [2.75, 3.05) is 0 Å². The first-order valence-corrected chi connectivity index (χ1v) is 6.65. The lowest BCUT2D eigenvalue weighted by Gasteiger charge is -2.32. The molecule has 0 bridgehead atoms.